The van der Waals surface area contributed by atoms with E-state index in [1.165, 1.54) is 0 Å². The molecule has 6 heteroatoms. The van der Waals surface area contributed by atoms with Crippen LogP contribution in [-0.2, 0) is 14.6 Å². The van der Waals surface area contributed by atoms with E-state index in [4.69, 9.17) is 10.5 Å². The minimum atomic E-state index is -3.32. The average molecular weight is 327 g/mol. The van der Waals surface area contributed by atoms with Crippen molar-refractivity contribution in [3.63, 3.8) is 0 Å². The van der Waals surface area contributed by atoms with Gasteiger partial charge in [-0.15, -0.1) is 0 Å². The maximum Gasteiger partial charge on any atom is 0.181 e. The van der Waals surface area contributed by atoms with Crippen LogP contribution in [0.5, 0.6) is 0 Å². The Labute approximate surface area is 130 Å². The molecule has 116 valence electrons. The van der Waals surface area contributed by atoms with E-state index < -0.39 is 9.84 Å². The number of nitrogen functional groups attached to an aromatic ring is 1. The van der Waals surface area contributed by atoms with Crippen LogP contribution in [0.25, 0.3) is 0 Å². The van der Waals surface area contributed by atoms with Gasteiger partial charge in [-0.05, 0) is 55.7 Å². The van der Waals surface area contributed by atoms with E-state index >= 15 is 0 Å². The quantitative estimate of drug-likeness (QED) is 0.845. The molecule has 0 radical (unpaired) electrons. The van der Waals surface area contributed by atoms with Crippen molar-refractivity contribution >= 4 is 27.3 Å². The van der Waals surface area contributed by atoms with Gasteiger partial charge in [0.15, 0.2) is 9.84 Å². The average Bonchev–Trinajstić information content (AvgIpc) is 2.86. The third-order valence-corrected chi connectivity index (χ3v) is 8.03. The summed E-state index contributed by atoms with van der Waals surface area (Å²) in [6.07, 6.45) is 2.16. The lowest BCUT2D eigenvalue weighted by Crippen LogP contribution is -2.44. The fourth-order valence-corrected chi connectivity index (χ4v) is 6.71. The summed E-state index contributed by atoms with van der Waals surface area (Å²) < 4.78 is 31.8. The molecule has 0 amide bonds. The highest BCUT2D eigenvalue weighted by Gasteiger charge is 2.44. The maximum absolute atomic E-state index is 13.0. The summed E-state index contributed by atoms with van der Waals surface area (Å²) in [6.45, 7) is 2.35. The molecule has 21 heavy (non-hydrogen) atoms. The normalized spacial score (nSPS) is 29.9. The first-order chi connectivity index (χ1) is 9.93. The highest BCUT2D eigenvalue weighted by molar-refractivity contribution is 7.99. The van der Waals surface area contributed by atoms with Gasteiger partial charge in [-0.2, -0.15) is 11.8 Å². The number of hydrogen-bond donors (Lipinski definition) is 1. The van der Waals surface area contributed by atoms with Crippen LogP contribution in [0.15, 0.2) is 23.1 Å². The van der Waals surface area contributed by atoms with Gasteiger partial charge in [0.25, 0.3) is 0 Å². The summed E-state index contributed by atoms with van der Waals surface area (Å²) >= 11 is 1.86. The lowest BCUT2D eigenvalue weighted by molar-refractivity contribution is -0.0572. The zero-order valence-electron chi connectivity index (χ0n) is 12.2. The number of benzene rings is 1. The zero-order chi connectivity index (χ0) is 15.1. The van der Waals surface area contributed by atoms with Crippen LogP contribution in [0.2, 0.25) is 0 Å². The minimum absolute atomic E-state index is 0.220. The Balaban J connectivity index is 1.90. The van der Waals surface area contributed by atoms with E-state index in [2.05, 4.69) is 0 Å². The number of anilines is 1. The fraction of sp³-hybridized carbons (Fsp3) is 0.600. The minimum Gasteiger partial charge on any atom is -0.399 e. The summed E-state index contributed by atoms with van der Waals surface area (Å²) in [4.78, 5) is 0.421. The highest BCUT2D eigenvalue weighted by atomic mass is 32.2. The Hall–Kier alpha value is -0.720. The molecule has 2 fully saturated rings. The molecule has 0 bridgehead atoms. The van der Waals surface area contributed by atoms with Crippen molar-refractivity contribution < 1.29 is 13.2 Å². The summed E-state index contributed by atoms with van der Waals surface area (Å²) in [5.41, 5.74) is 6.84. The van der Waals surface area contributed by atoms with Gasteiger partial charge in [0.1, 0.15) is 0 Å². The van der Waals surface area contributed by atoms with Gasteiger partial charge >= 0.3 is 0 Å². The van der Waals surface area contributed by atoms with Crippen molar-refractivity contribution in [2.45, 2.75) is 41.9 Å². The second kappa shape index (κ2) is 5.48. The van der Waals surface area contributed by atoms with Crippen LogP contribution in [0.4, 0.5) is 5.69 Å². The number of ether oxygens (including phenoxy) is 1. The molecule has 2 aliphatic heterocycles. The van der Waals surface area contributed by atoms with E-state index in [-0.39, 0.29) is 10.9 Å². The molecule has 2 aliphatic rings. The molecule has 0 aliphatic carbocycles. The first-order valence-electron chi connectivity index (χ1n) is 7.25. The second-order valence-electron chi connectivity index (χ2n) is 6.02. The summed E-state index contributed by atoms with van der Waals surface area (Å²) in [5.74, 6) is 1.98. The number of hydrogen-bond acceptors (Lipinski definition) is 5. The molecule has 2 heterocycles. The number of sulfone groups is 1. The van der Waals surface area contributed by atoms with Crippen LogP contribution >= 0.6 is 11.8 Å². The van der Waals surface area contributed by atoms with E-state index in [9.17, 15) is 8.42 Å². The Morgan fingerprint density at radius 2 is 2.24 bits per heavy atom. The Morgan fingerprint density at radius 1 is 1.43 bits per heavy atom. The molecule has 2 atom stereocenters. The van der Waals surface area contributed by atoms with Crippen LogP contribution in [0, 0.1) is 6.92 Å². The molecular weight excluding hydrogens is 306 g/mol. The smallest absolute Gasteiger partial charge is 0.181 e. The van der Waals surface area contributed by atoms with Gasteiger partial charge in [-0.1, -0.05) is 0 Å². The van der Waals surface area contributed by atoms with Crippen molar-refractivity contribution in [3.05, 3.63) is 23.8 Å². The van der Waals surface area contributed by atoms with E-state index in [0.717, 1.165) is 23.5 Å². The van der Waals surface area contributed by atoms with E-state index in [1.807, 2.05) is 18.7 Å². The zero-order valence-corrected chi connectivity index (χ0v) is 13.8. The van der Waals surface area contributed by atoms with Gasteiger partial charge in [0.2, 0.25) is 0 Å². The molecule has 0 saturated carbocycles. The number of aryl methyl sites for hydroxylation is 1. The lowest BCUT2D eigenvalue weighted by atomic mass is 9.93. The molecule has 0 aromatic heterocycles. The second-order valence-corrected chi connectivity index (χ2v) is 9.32. The van der Waals surface area contributed by atoms with Gasteiger partial charge in [0, 0.05) is 18.0 Å². The topological polar surface area (TPSA) is 69.4 Å². The third kappa shape index (κ3) is 2.81. The Morgan fingerprint density at radius 3 is 2.90 bits per heavy atom. The van der Waals surface area contributed by atoms with Crippen molar-refractivity contribution in [1.82, 2.24) is 0 Å². The lowest BCUT2D eigenvalue weighted by Gasteiger charge is -2.37. The molecule has 1 aromatic carbocycles. The van der Waals surface area contributed by atoms with Gasteiger partial charge < -0.3 is 10.5 Å². The first-order valence-corrected chi connectivity index (χ1v) is 9.95. The van der Waals surface area contributed by atoms with Crippen molar-refractivity contribution in [2.24, 2.45) is 0 Å². The van der Waals surface area contributed by atoms with Gasteiger partial charge in [-0.3, -0.25) is 0 Å². The molecule has 1 spiro atoms. The van der Waals surface area contributed by atoms with Crippen LogP contribution < -0.4 is 5.73 Å². The largest absolute Gasteiger partial charge is 0.399 e. The van der Waals surface area contributed by atoms with Crippen molar-refractivity contribution in [2.75, 3.05) is 23.8 Å². The van der Waals surface area contributed by atoms with Crippen LogP contribution in [0.3, 0.4) is 0 Å². The molecule has 3 rings (SSSR count). The Bertz CT molecular complexity index is 636. The summed E-state index contributed by atoms with van der Waals surface area (Å²) in [5, 5.41) is -0.340. The standard InChI is InChI=1S/C15H21NO3S2/c1-11-8-12(16)2-3-14(11)21(17,18)13-4-6-19-15(9-13)5-7-20-10-15/h2-3,8,13H,4-7,9-10,16H2,1H3. The first kappa shape index (κ1) is 15.2. The summed E-state index contributed by atoms with van der Waals surface area (Å²) in [7, 11) is -3.32. The van der Waals surface area contributed by atoms with Crippen LogP contribution in [0.1, 0.15) is 24.8 Å². The predicted molar refractivity (Wildman–Crippen MR) is 86.4 cm³/mol. The van der Waals surface area contributed by atoms with E-state index in [1.54, 1.807) is 18.2 Å². The SMILES string of the molecule is Cc1cc(N)ccc1S(=O)(=O)C1CCOC2(CCSC2)C1. The van der Waals surface area contributed by atoms with Crippen molar-refractivity contribution in [1.29, 1.82) is 0 Å². The third-order valence-electron chi connectivity index (χ3n) is 4.46. The molecule has 1 aromatic rings. The molecule has 2 saturated heterocycles. The number of nitrogens with two attached hydrogens (primary N) is 1. The Kier molecular flexibility index (Phi) is 3.96. The fourth-order valence-electron chi connectivity index (χ4n) is 3.28. The van der Waals surface area contributed by atoms with Crippen molar-refractivity contribution in [3.8, 4) is 0 Å². The highest BCUT2D eigenvalue weighted by Crippen LogP contribution is 2.41. The number of thioether (sulfide) groups is 1. The summed E-state index contributed by atoms with van der Waals surface area (Å²) in [6, 6.07) is 5.04. The van der Waals surface area contributed by atoms with Gasteiger partial charge in [0.05, 0.1) is 15.7 Å². The molecule has 2 N–H and O–H groups in total. The maximum atomic E-state index is 13.0. The van der Waals surface area contributed by atoms with Gasteiger partial charge in [-0.25, -0.2) is 8.42 Å². The number of rotatable bonds is 2. The molecule has 4 nitrogen and oxygen atoms in total. The predicted octanol–water partition coefficient (Wildman–Crippen LogP) is 2.41. The molecule has 2 unspecified atom stereocenters. The monoisotopic (exact) mass is 327 g/mol. The van der Waals surface area contributed by atoms with Crippen LogP contribution in [-0.4, -0.2) is 37.4 Å². The molecular formula is C15H21NO3S2. The van der Waals surface area contributed by atoms with E-state index in [0.29, 0.717) is 30.0 Å².